The monoisotopic (exact) mass is 270 g/mol. The summed E-state index contributed by atoms with van der Waals surface area (Å²) >= 11 is 3.36. The molecule has 0 unspecified atom stereocenters. The van der Waals surface area contributed by atoms with Crippen molar-refractivity contribution in [2.45, 2.75) is 0 Å². The van der Waals surface area contributed by atoms with E-state index in [1.54, 1.807) is 0 Å². The Labute approximate surface area is 96.8 Å². The van der Waals surface area contributed by atoms with E-state index in [1.165, 1.54) is 20.5 Å². The van der Waals surface area contributed by atoms with Crippen molar-refractivity contribution >= 4 is 27.5 Å². The van der Waals surface area contributed by atoms with Gasteiger partial charge in [0.1, 0.15) is 5.57 Å². The largest absolute Gasteiger partial charge is 0.503 e. The minimum absolute atomic E-state index is 0.382. The molecule has 3 nitrogen and oxygen atoms in total. The molecule has 0 amide bonds. The van der Waals surface area contributed by atoms with Gasteiger partial charge in [-0.15, -0.1) is 0 Å². The van der Waals surface area contributed by atoms with Crippen LogP contribution in [0.15, 0.2) is 35.0 Å². The molecule has 0 bridgehead atoms. The molecule has 0 aromatic heterocycles. The van der Waals surface area contributed by atoms with Crippen LogP contribution in [0.4, 0.5) is 0 Å². The summed E-state index contributed by atoms with van der Waals surface area (Å²) in [5.41, 5.74) is 1.12. The molecule has 1 aromatic carbocycles. The lowest BCUT2D eigenvalue weighted by molar-refractivity contribution is -0.133. The number of rotatable bonds is 3. The molecule has 0 saturated carbocycles. The first-order valence-electron chi connectivity index (χ1n) is 4.27. The normalized spacial score (nSPS) is 11.0. The first-order valence-corrected chi connectivity index (χ1v) is 5.06. The fourth-order valence-electron chi connectivity index (χ4n) is 1.13. The van der Waals surface area contributed by atoms with Gasteiger partial charge in [-0.2, -0.15) is 0 Å². The van der Waals surface area contributed by atoms with Gasteiger partial charge in [0.2, 0.25) is 0 Å². The molecule has 80 valence electrons. The van der Waals surface area contributed by atoms with Gasteiger partial charge < -0.3 is 9.47 Å². The van der Waals surface area contributed by atoms with E-state index in [-0.39, 0.29) is 0 Å². The molecule has 4 heteroatoms. The quantitative estimate of drug-likeness (QED) is 0.481. The molecule has 1 aromatic rings. The minimum Gasteiger partial charge on any atom is -0.503 e. The van der Waals surface area contributed by atoms with Gasteiger partial charge in [0.25, 0.3) is 0 Å². The third kappa shape index (κ3) is 2.83. The van der Waals surface area contributed by atoms with Crippen LogP contribution in [0.5, 0.6) is 0 Å². The Balaban J connectivity index is 3.17. The average Bonchev–Trinajstić information content (AvgIpc) is 2.26. The van der Waals surface area contributed by atoms with Crippen molar-refractivity contribution in [1.82, 2.24) is 0 Å². The Morgan fingerprint density at radius 1 is 1.33 bits per heavy atom. The summed E-state index contributed by atoms with van der Waals surface area (Å²) in [5.74, 6) is -0.427. The molecule has 0 spiro atoms. The molecule has 0 aliphatic carbocycles. The highest BCUT2D eigenvalue weighted by Crippen LogP contribution is 2.24. The van der Waals surface area contributed by atoms with Crippen molar-refractivity contribution < 1.29 is 14.3 Å². The second-order valence-electron chi connectivity index (χ2n) is 2.74. The van der Waals surface area contributed by atoms with E-state index in [9.17, 15) is 4.79 Å². The van der Waals surface area contributed by atoms with Crippen molar-refractivity contribution in [2.75, 3.05) is 14.2 Å². The molecule has 0 atom stereocenters. The van der Waals surface area contributed by atoms with E-state index < -0.39 is 5.97 Å². The second-order valence-corrected chi connectivity index (χ2v) is 3.59. The zero-order valence-electron chi connectivity index (χ0n) is 8.49. The molecular formula is C11H11BrO3. The van der Waals surface area contributed by atoms with Crippen LogP contribution in [0.1, 0.15) is 5.56 Å². The number of carbonyl (C=O) groups excluding carboxylic acids is 1. The van der Waals surface area contributed by atoms with Crippen LogP contribution in [0.3, 0.4) is 0 Å². The Morgan fingerprint density at radius 2 is 2.00 bits per heavy atom. The van der Waals surface area contributed by atoms with Crippen LogP contribution in [-0.4, -0.2) is 20.2 Å². The Morgan fingerprint density at radius 3 is 2.53 bits per heavy atom. The predicted octanol–water partition coefficient (Wildman–Crippen LogP) is 2.61. The lowest BCUT2D eigenvalue weighted by Gasteiger charge is -2.06. The molecule has 0 N–H and O–H groups in total. The first kappa shape index (κ1) is 11.8. The van der Waals surface area contributed by atoms with Crippen molar-refractivity contribution in [3.63, 3.8) is 0 Å². The number of esters is 1. The van der Waals surface area contributed by atoms with Gasteiger partial charge in [-0.05, 0) is 6.07 Å². The summed E-state index contributed by atoms with van der Waals surface area (Å²) in [4.78, 5) is 11.5. The summed E-state index contributed by atoms with van der Waals surface area (Å²) < 4.78 is 10.3. The van der Waals surface area contributed by atoms with Crippen LogP contribution in [0.2, 0.25) is 0 Å². The molecule has 15 heavy (non-hydrogen) atoms. The fraction of sp³-hybridized carbons (Fsp3) is 0.182. The molecular weight excluding hydrogens is 260 g/mol. The molecule has 0 heterocycles. The van der Waals surface area contributed by atoms with Gasteiger partial charge in [-0.3, -0.25) is 0 Å². The fourth-order valence-corrected chi connectivity index (χ4v) is 1.63. The molecule has 0 aliphatic rings. The number of benzene rings is 1. The number of halogens is 1. The van der Waals surface area contributed by atoms with Crippen LogP contribution in [-0.2, 0) is 14.3 Å². The summed E-state index contributed by atoms with van der Waals surface area (Å²) in [7, 11) is 2.82. The van der Waals surface area contributed by atoms with Crippen LogP contribution < -0.4 is 0 Å². The van der Waals surface area contributed by atoms with Crippen LogP contribution >= 0.6 is 15.9 Å². The summed E-state index contributed by atoms with van der Waals surface area (Å²) in [5, 5.41) is 0. The van der Waals surface area contributed by atoms with Gasteiger partial charge in [0, 0.05) is 10.0 Å². The Bertz CT molecular complexity index is 385. The van der Waals surface area contributed by atoms with Crippen molar-refractivity contribution in [3.05, 3.63) is 40.6 Å². The van der Waals surface area contributed by atoms with Gasteiger partial charge in [-0.25, -0.2) is 4.79 Å². The Kier molecular flexibility index (Phi) is 4.37. The molecule has 0 radical (unpaired) electrons. The summed E-state index contributed by atoms with van der Waals surface area (Å²) in [6.45, 7) is 0. The SMILES string of the molecule is CO/C=C(/C(=O)OC)c1ccccc1Br. The first-order chi connectivity index (χ1) is 7.20. The zero-order chi connectivity index (χ0) is 11.3. The topological polar surface area (TPSA) is 35.5 Å². The predicted molar refractivity (Wildman–Crippen MR) is 61.1 cm³/mol. The highest BCUT2D eigenvalue weighted by Gasteiger charge is 2.15. The lowest BCUT2D eigenvalue weighted by Crippen LogP contribution is -2.04. The number of ether oxygens (including phenoxy) is 2. The second kappa shape index (κ2) is 5.56. The van der Waals surface area contributed by atoms with Gasteiger partial charge in [0.05, 0.1) is 20.5 Å². The third-order valence-corrected chi connectivity index (χ3v) is 2.50. The molecule has 0 aliphatic heterocycles. The van der Waals surface area contributed by atoms with E-state index in [1.807, 2.05) is 24.3 Å². The number of carbonyl (C=O) groups is 1. The molecule has 0 saturated heterocycles. The number of hydrogen-bond donors (Lipinski definition) is 0. The van der Waals surface area contributed by atoms with Crippen molar-refractivity contribution in [2.24, 2.45) is 0 Å². The van der Waals surface area contributed by atoms with E-state index in [0.29, 0.717) is 5.57 Å². The smallest absolute Gasteiger partial charge is 0.341 e. The minimum atomic E-state index is -0.427. The van der Waals surface area contributed by atoms with E-state index >= 15 is 0 Å². The maximum Gasteiger partial charge on any atom is 0.341 e. The average molecular weight is 271 g/mol. The highest BCUT2D eigenvalue weighted by atomic mass is 79.9. The van der Waals surface area contributed by atoms with Crippen LogP contribution in [0, 0.1) is 0 Å². The molecule has 0 fully saturated rings. The maximum absolute atomic E-state index is 11.5. The van der Waals surface area contributed by atoms with Gasteiger partial charge in [-0.1, -0.05) is 34.1 Å². The van der Waals surface area contributed by atoms with Gasteiger partial charge >= 0.3 is 5.97 Å². The van der Waals surface area contributed by atoms with E-state index in [0.717, 1.165) is 10.0 Å². The van der Waals surface area contributed by atoms with Crippen molar-refractivity contribution in [3.8, 4) is 0 Å². The Hall–Kier alpha value is -1.29. The zero-order valence-corrected chi connectivity index (χ0v) is 10.1. The van der Waals surface area contributed by atoms with E-state index in [2.05, 4.69) is 20.7 Å². The maximum atomic E-state index is 11.5. The number of methoxy groups -OCH3 is 2. The standard InChI is InChI=1S/C11H11BrO3/c1-14-7-9(11(13)15-2)8-5-3-4-6-10(8)12/h3-7H,1-2H3/b9-7+. The third-order valence-electron chi connectivity index (χ3n) is 1.81. The summed E-state index contributed by atoms with van der Waals surface area (Å²) in [6, 6.07) is 7.37. The highest BCUT2D eigenvalue weighted by molar-refractivity contribution is 9.10. The van der Waals surface area contributed by atoms with Crippen molar-refractivity contribution in [1.29, 1.82) is 0 Å². The van der Waals surface area contributed by atoms with Gasteiger partial charge in [0.15, 0.2) is 0 Å². The van der Waals surface area contributed by atoms with Crippen LogP contribution in [0.25, 0.3) is 5.57 Å². The summed E-state index contributed by atoms with van der Waals surface area (Å²) in [6.07, 6.45) is 1.37. The number of hydrogen-bond acceptors (Lipinski definition) is 3. The van der Waals surface area contributed by atoms with E-state index in [4.69, 9.17) is 4.74 Å². The molecule has 1 rings (SSSR count). The lowest BCUT2D eigenvalue weighted by atomic mass is 10.1.